The summed E-state index contributed by atoms with van der Waals surface area (Å²) >= 11 is 3.96. The molecule has 0 N–H and O–H groups in total. The number of hydroxylamine groups is 2. The molecule has 1 rings (SSSR count). The van der Waals surface area contributed by atoms with Crippen molar-refractivity contribution in [2.75, 3.05) is 7.11 Å². The highest BCUT2D eigenvalue weighted by Crippen LogP contribution is 2.41. The normalized spacial score (nSPS) is 26.5. The van der Waals surface area contributed by atoms with E-state index >= 15 is 0 Å². The summed E-state index contributed by atoms with van der Waals surface area (Å²) in [7, 11) is 1.69. The number of rotatable bonds is 2. The number of carbonyl (C=O) groups excluding carboxylic acids is 1. The summed E-state index contributed by atoms with van der Waals surface area (Å²) in [6.45, 7) is 8.39. The summed E-state index contributed by atoms with van der Waals surface area (Å²) in [4.78, 5) is 16.8. The number of hydrogen-bond acceptors (Lipinski definition) is 3. The van der Waals surface area contributed by atoms with E-state index in [1.807, 2.05) is 5.06 Å². The van der Waals surface area contributed by atoms with Gasteiger partial charge in [-0.2, -0.15) is 5.06 Å². The zero-order chi connectivity index (χ0) is 11.9. The fourth-order valence-electron chi connectivity index (χ4n) is 2.93. The molecular weight excluding hydrogens is 210 g/mol. The van der Waals surface area contributed by atoms with Crippen LogP contribution < -0.4 is 0 Å². The van der Waals surface area contributed by atoms with Crippen molar-refractivity contribution in [3.05, 3.63) is 0 Å². The Morgan fingerprint density at radius 2 is 1.67 bits per heavy atom. The van der Waals surface area contributed by atoms with Gasteiger partial charge in [-0.25, -0.2) is 0 Å². The lowest BCUT2D eigenvalue weighted by Gasteiger charge is -2.52. The molecule has 1 fully saturated rings. The molecule has 1 saturated heterocycles. The summed E-state index contributed by atoms with van der Waals surface area (Å²) in [5, 5.41) is 1.99. The lowest BCUT2D eigenvalue weighted by molar-refractivity contribution is -0.269. The number of piperidine rings is 1. The average Bonchev–Trinajstić information content (AvgIpc) is 1.99. The predicted octanol–water partition coefficient (Wildman–Crippen LogP) is 2.27. The number of thiol groups is 1. The Labute approximate surface area is 97.5 Å². The Hall–Kier alpha value is -0.0600. The molecule has 0 saturated carbocycles. The molecule has 3 nitrogen and oxygen atoms in total. The topological polar surface area (TPSA) is 29.5 Å². The maximum absolute atomic E-state index is 11.4. The van der Waals surface area contributed by atoms with E-state index in [0.717, 1.165) is 12.8 Å². The third-order valence-electron chi connectivity index (χ3n) is 3.12. The van der Waals surface area contributed by atoms with E-state index in [-0.39, 0.29) is 22.1 Å². The lowest BCUT2D eigenvalue weighted by Crippen LogP contribution is -2.60. The van der Waals surface area contributed by atoms with E-state index in [1.165, 1.54) is 0 Å². The van der Waals surface area contributed by atoms with Gasteiger partial charge in [0.15, 0.2) is 5.12 Å². The highest BCUT2D eigenvalue weighted by atomic mass is 32.1. The largest absolute Gasteiger partial charge is 0.301 e. The van der Waals surface area contributed by atoms with Crippen LogP contribution in [0.1, 0.15) is 40.5 Å². The maximum atomic E-state index is 11.4. The monoisotopic (exact) mass is 231 g/mol. The molecule has 0 radical (unpaired) electrons. The second-order valence-corrected chi connectivity index (χ2v) is 5.99. The first-order valence-corrected chi connectivity index (χ1v) is 5.73. The van der Waals surface area contributed by atoms with Gasteiger partial charge in [-0.15, -0.1) is 12.6 Å². The molecule has 88 valence electrons. The van der Waals surface area contributed by atoms with E-state index in [2.05, 4.69) is 40.3 Å². The van der Waals surface area contributed by atoms with E-state index in [4.69, 9.17) is 4.84 Å². The minimum atomic E-state index is -0.125. The van der Waals surface area contributed by atoms with Gasteiger partial charge < -0.3 is 4.84 Å². The van der Waals surface area contributed by atoms with Gasteiger partial charge in [0.1, 0.15) is 0 Å². The third kappa shape index (κ3) is 2.55. The second-order valence-electron chi connectivity index (χ2n) is 5.55. The van der Waals surface area contributed by atoms with E-state index < -0.39 is 0 Å². The van der Waals surface area contributed by atoms with Crippen LogP contribution in [0.15, 0.2) is 0 Å². The van der Waals surface area contributed by atoms with Crippen LogP contribution in [0, 0.1) is 5.92 Å². The summed E-state index contributed by atoms with van der Waals surface area (Å²) < 4.78 is 0. The van der Waals surface area contributed by atoms with Crippen molar-refractivity contribution >= 4 is 17.7 Å². The highest BCUT2D eigenvalue weighted by molar-refractivity contribution is 7.96. The molecule has 0 atom stereocenters. The highest BCUT2D eigenvalue weighted by Gasteiger charge is 2.47. The Morgan fingerprint density at radius 3 is 1.93 bits per heavy atom. The van der Waals surface area contributed by atoms with Crippen molar-refractivity contribution in [3.8, 4) is 0 Å². The van der Waals surface area contributed by atoms with Gasteiger partial charge in [0.2, 0.25) is 0 Å². The van der Waals surface area contributed by atoms with Crippen molar-refractivity contribution in [2.24, 2.45) is 5.92 Å². The van der Waals surface area contributed by atoms with Crippen molar-refractivity contribution in [3.63, 3.8) is 0 Å². The van der Waals surface area contributed by atoms with Crippen molar-refractivity contribution < 1.29 is 9.63 Å². The van der Waals surface area contributed by atoms with Crippen LogP contribution in [-0.2, 0) is 9.63 Å². The zero-order valence-electron chi connectivity index (χ0n) is 10.2. The van der Waals surface area contributed by atoms with Gasteiger partial charge in [0.05, 0.1) is 7.11 Å². The van der Waals surface area contributed by atoms with Gasteiger partial charge >= 0.3 is 0 Å². The van der Waals surface area contributed by atoms with E-state index in [1.54, 1.807) is 7.11 Å². The molecule has 0 aromatic rings. The minimum absolute atomic E-state index is 0.00750. The molecular formula is C11H21NO2S. The Bertz CT molecular complexity index is 245. The van der Waals surface area contributed by atoms with E-state index in [0.29, 0.717) is 0 Å². The maximum Gasteiger partial charge on any atom is 0.189 e. The van der Waals surface area contributed by atoms with Crippen molar-refractivity contribution in [1.29, 1.82) is 0 Å². The number of nitrogens with zero attached hydrogens (tertiary/aromatic N) is 1. The second kappa shape index (κ2) is 4.07. The Morgan fingerprint density at radius 1 is 1.27 bits per heavy atom. The van der Waals surface area contributed by atoms with Gasteiger partial charge in [-0.3, -0.25) is 4.79 Å². The summed E-state index contributed by atoms with van der Waals surface area (Å²) in [6.07, 6.45) is 1.60. The van der Waals surface area contributed by atoms with E-state index in [9.17, 15) is 4.79 Å². The molecule has 0 aromatic heterocycles. The molecule has 0 spiro atoms. The smallest absolute Gasteiger partial charge is 0.189 e. The first kappa shape index (κ1) is 13.0. The zero-order valence-corrected chi connectivity index (χ0v) is 11.1. The summed E-state index contributed by atoms with van der Waals surface area (Å²) in [5.74, 6) is 0.0322. The molecule has 0 unspecified atom stereocenters. The van der Waals surface area contributed by atoms with Crippen molar-refractivity contribution in [1.82, 2.24) is 5.06 Å². The van der Waals surface area contributed by atoms with Gasteiger partial charge in [0.25, 0.3) is 0 Å². The van der Waals surface area contributed by atoms with Gasteiger partial charge in [-0.05, 0) is 40.5 Å². The fourth-order valence-corrected chi connectivity index (χ4v) is 3.11. The predicted molar refractivity (Wildman–Crippen MR) is 63.7 cm³/mol. The first-order valence-electron chi connectivity index (χ1n) is 5.28. The summed E-state index contributed by atoms with van der Waals surface area (Å²) in [5.41, 5.74) is -0.251. The molecule has 4 heteroatoms. The van der Waals surface area contributed by atoms with Crippen LogP contribution in [0.2, 0.25) is 0 Å². The quantitative estimate of drug-likeness (QED) is 0.739. The van der Waals surface area contributed by atoms with Crippen LogP contribution >= 0.6 is 12.6 Å². The van der Waals surface area contributed by atoms with Crippen LogP contribution in [0.4, 0.5) is 0 Å². The molecule has 0 amide bonds. The lowest BCUT2D eigenvalue weighted by atomic mass is 9.76. The van der Waals surface area contributed by atoms with Crippen molar-refractivity contribution in [2.45, 2.75) is 51.6 Å². The Balaban J connectivity index is 2.95. The minimum Gasteiger partial charge on any atom is -0.301 e. The Kier molecular flexibility index (Phi) is 3.53. The average molecular weight is 231 g/mol. The fraction of sp³-hybridized carbons (Fsp3) is 0.909. The standard InChI is InChI=1S/C11H21NO2S/c1-10(2)6-8(9(13)15)7-11(3,4)12(10)14-5/h8H,6-7H2,1-5H3,(H,13,15). The summed E-state index contributed by atoms with van der Waals surface area (Å²) in [6, 6.07) is 0. The van der Waals surface area contributed by atoms with Crippen LogP contribution in [-0.4, -0.2) is 28.4 Å². The van der Waals surface area contributed by atoms with Gasteiger partial charge in [0, 0.05) is 17.0 Å². The van der Waals surface area contributed by atoms with Crippen LogP contribution in [0.5, 0.6) is 0 Å². The molecule has 1 aliphatic heterocycles. The molecule has 0 aliphatic carbocycles. The third-order valence-corrected chi connectivity index (χ3v) is 3.49. The molecule has 1 aliphatic rings. The van der Waals surface area contributed by atoms with Crippen LogP contribution in [0.25, 0.3) is 0 Å². The molecule has 15 heavy (non-hydrogen) atoms. The molecule has 0 aromatic carbocycles. The number of hydrogen-bond donors (Lipinski definition) is 1. The SMILES string of the molecule is CON1C(C)(C)CC(C(=O)S)CC1(C)C. The number of carbonyl (C=O) groups is 1. The van der Waals surface area contributed by atoms with Crippen LogP contribution in [0.3, 0.4) is 0 Å². The molecule has 1 heterocycles. The first-order chi connectivity index (χ1) is 6.70. The van der Waals surface area contributed by atoms with Gasteiger partial charge in [-0.1, -0.05) is 0 Å². The molecule has 0 bridgehead atoms.